The average Bonchev–Trinajstić information content (AvgIpc) is 3.14. The maximum atomic E-state index is 12.1. The Bertz CT molecular complexity index is 1090. The summed E-state index contributed by atoms with van der Waals surface area (Å²) < 4.78 is 2.27. The highest BCUT2D eigenvalue weighted by molar-refractivity contribution is 14.0. The smallest absolute Gasteiger partial charge is 0.226 e. The number of piperidine rings is 1. The Kier molecular flexibility index (Phi) is 9.11. The average molecular weight is 560 g/mol. The summed E-state index contributed by atoms with van der Waals surface area (Å²) in [5.41, 5.74) is 4.37. The van der Waals surface area contributed by atoms with Crippen LogP contribution in [0.3, 0.4) is 0 Å². The van der Waals surface area contributed by atoms with Crippen LogP contribution in [-0.4, -0.2) is 41.6 Å². The molecule has 0 aliphatic carbocycles. The van der Waals surface area contributed by atoms with Crippen molar-refractivity contribution in [1.29, 1.82) is 0 Å². The van der Waals surface area contributed by atoms with Crippen LogP contribution in [0.2, 0.25) is 0 Å². The molecule has 4 rings (SSSR count). The molecule has 1 aromatic heterocycles. The van der Waals surface area contributed by atoms with Crippen LogP contribution in [0, 0.1) is 6.92 Å². The number of carbonyl (C=O) groups excluding carboxylic acids is 1. The highest BCUT2D eigenvalue weighted by Crippen LogP contribution is 2.21. The lowest BCUT2D eigenvalue weighted by atomic mass is 10.1. The molecule has 1 aliphatic heterocycles. The lowest BCUT2D eigenvalue weighted by molar-refractivity contribution is -0.119. The summed E-state index contributed by atoms with van der Waals surface area (Å²) in [5, 5.41) is 6.76. The van der Waals surface area contributed by atoms with E-state index in [1.54, 1.807) is 7.05 Å². The van der Waals surface area contributed by atoms with E-state index in [1.165, 1.54) is 5.52 Å². The first-order chi connectivity index (χ1) is 15.7. The zero-order chi connectivity index (χ0) is 22.3. The number of aliphatic imine (C=N–C) groups is 1. The minimum Gasteiger partial charge on any atom is -0.356 e. The second kappa shape index (κ2) is 12.0. The highest BCUT2D eigenvalue weighted by atomic mass is 127. The monoisotopic (exact) mass is 560 g/mol. The molecule has 0 atom stereocenters. The normalized spacial score (nSPS) is 14.3. The molecule has 1 aliphatic rings. The molecule has 0 bridgehead atoms. The third-order valence-electron chi connectivity index (χ3n) is 5.95. The van der Waals surface area contributed by atoms with Crippen molar-refractivity contribution in [2.45, 2.75) is 45.7 Å². The Labute approximate surface area is 212 Å². The molecule has 8 heteroatoms. The zero-order valence-corrected chi connectivity index (χ0v) is 21.7. The Morgan fingerprint density at radius 2 is 1.88 bits per heavy atom. The number of aromatic nitrogens is 2. The van der Waals surface area contributed by atoms with Gasteiger partial charge in [-0.3, -0.25) is 9.79 Å². The molecule has 3 aromatic rings. The van der Waals surface area contributed by atoms with Gasteiger partial charge in [0.15, 0.2) is 5.96 Å². The molecule has 0 unspecified atom stereocenters. The van der Waals surface area contributed by atoms with E-state index in [9.17, 15) is 4.79 Å². The molecule has 2 heterocycles. The van der Waals surface area contributed by atoms with E-state index in [0.717, 1.165) is 67.4 Å². The van der Waals surface area contributed by atoms with Gasteiger partial charge in [0.1, 0.15) is 5.82 Å². The zero-order valence-electron chi connectivity index (χ0n) is 19.4. The maximum Gasteiger partial charge on any atom is 0.226 e. The summed E-state index contributed by atoms with van der Waals surface area (Å²) in [6.45, 7) is 5.29. The number of benzene rings is 2. The lowest BCUT2D eigenvalue weighted by Gasteiger charge is -2.26. The lowest BCUT2D eigenvalue weighted by Crippen LogP contribution is -2.37. The van der Waals surface area contributed by atoms with Crippen LogP contribution in [-0.2, 0) is 17.9 Å². The standard InChI is InChI=1S/C25H32N6O.HI/c1-19-29-22-8-3-4-9-23(22)30(19)17-7-15-27-25(26-2)28-18-20-11-13-21(14-12-20)31-16-6-5-10-24(31)32;/h3-4,8-9,11-14H,5-7,10,15-18H2,1-2H3,(H2,26,27,28);1H. The van der Waals surface area contributed by atoms with Gasteiger partial charge in [-0.2, -0.15) is 0 Å². The van der Waals surface area contributed by atoms with Crippen molar-refractivity contribution in [1.82, 2.24) is 20.2 Å². The molecular weight excluding hydrogens is 527 g/mol. The number of para-hydroxylation sites is 2. The predicted octanol–water partition coefficient (Wildman–Crippen LogP) is 4.23. The van der Waals surface area contributed by atoms with Gasteiger partial charge in [0, 0.05) is 45.3 Å². The van der Waals surface area contributed by atoms with Gasteiger partial charge in [-0.15, -0.1) is 24.0 Å². The van der Waals surface area contributed by atoms with Crippen molar-refractivity contribution in [2.75, 3.05) is 25.0 Å². The number of imidazole rings is 1. The van der Waals surface area contributed by atoms with Crippen molar-refractivity contribution in [3.05, 3.63) is 59.9 Å². The molecule has 33 heavy (non-hydrogen) atoms. The molecule has 0 saturated carbocycles. The van der Waals surface area contributed by atoms with Crippen molar-refractivity contribution in [3.63, 3.8) is 0 Å². The molecule has 2 aromatic carbocycles. The largest absolute Gasteiger partial charge is 0.356 e. The van der Waals surface area contributed by atoms with Gasteiger partial charge in [-0.25, -0.2) is 4.98 Å². The Morgan fingerprint density at radius 1 is 1.09 bits per heavy atom. The second-order valence-electron chi connectivity index (χ2n) is 8.17. The third kappa shape index (κ3) is 6.25. The molecular formula is C25H33IN6O. The van der Waals surface area contributed by atoms with Crippen LogP contribution in [0.15, 0.2) is 53.5 Å². The Balaban J connectivity index is 0.00000306. The minimum atomic E-state index is 0. The van der Waals surface area contributed by atoms with Crippen LogP contribution in [0.1, 0.15) is 37.1 Å². The molecule has 1 fully saturated rings. The first-order valence-corrected chi connectivity index (χ1v) is 11.4. The second-order valence-corrected chi connectivity index (χ2v) is 8.17. The Morgan fingerprint density at radius 3 is 2.64 bits per heavy atom. The number of aryl methyl sites for hydroxylation is 2. The number of guanidine groups is 1. The number of fused-ring (bicyclic) bond motifs is 1. The Hall–Kier alpha value is -2.62. The number of nitrogens with zero attached hydrogens (tertiary/aromatic N) is 4. The molecule has 2 N–H and O–H groups in total. The SMILES string of the molecule is CN=C(NCCCn1c(C)nc2ccccc21)NCc1ccc(N2CCCCC2=O)cc1.I. The molecule has 7 nitrogen and oxygen atoms in total. The quantitative estimate of drug-likeness (QED) is 0.196. The number of hydrogen-bond donors (Lipinski definition) is 2. The maximum absolute atomic E-state index is 12.1. The number of hydrogen-bond acceptors (Lipinski definition) is 3. The first-order valence-electron chi connectivity index (χ1n) is 11.4. The summed E-state index contributed by atoms with van der Waals surface area (Å²) in [7, 11) is 1.79. The molecule has 176 valence electrons. The predicted molar refractivity (Wildman–Crippen MR) is 145 cm³/mol. The summed E-state index contributed by atoms with van der Waals surface area (Å²) in [6.07, 6.45) is 3.71. The van der Waals surface area contributed by atoms with Crippen LogP contribution < -0.4 is 15.5 Å². The van der Waals surface area contributed by atoms with Crippen molar-refractivity contribution >= 4 is 52.6 Å². The summed E-state index contributed by atoms with van der Waals surface area (Å²) in [6, 6.07) is 16.5. The molecule has 0 radical (unpaired) electrons. The number of halogens is 1. The molecule has 0 spiro atoms. The van der Waals surface area contributed by atoms with Crippen molar-refractivity contribution < 1.29 is 4.79 Å². The van der Waals surface area contributed by atoms with E-state index in [2.05, 4.69) is 62.4 Å². The number of anilines is 1. The summed E-state index contributed by atoms with van der Waals surface area (Å²) >= 11 is 0. The first kappa shape index (κ1) is 25.0. The summed E-state index contributed by atoms with van der Waals surface area (Å²) in [5.74, 6) is 2.06. The van der Waals surface area contributed by atoms with E-state index < -0.39 is 0 Å². The molecule has 1 amide bonds. The number of carbonyl (C=O) groups is 1. The topological polar surface area (TPSA) is 74.6 Å². The van der Waals surface area contributed by atoms with E-state index in [1.807, 2.05) is 23.1 Å². The van der Waals surface area contributed by atoms with Crippen LogP contribution in [0.5, 0.6) is 0 Å². The van der Waals surface area contributed by atoms with Crippen molar-refractivity contribution in [3.8, 4) is 0 Å². The van der Waals surface area contributed by atoms with E-state index >= 15 is 0 Å². The van der Waals surface area contributed by atoms with E-state index in [4.69, 9.17) is 0 Å². The van der Waals surface area contributed by atoms with E-state index in [-0.39, 0.29) is 29.9 Å². The molecule has 1 saturated heterocycles. The van der Waals surface area contributed by atoms with Gasteiger partial charge in [-0.1, -0.05) is 24.3 Å². The fourth-order valence-corrected chi connectivity index (χ4v) is 4.20. The van der Waals surface area contributed by atoms with Gasteiger partial charge < -0.3 is 20.1 Å². The van der Waals surface area contributed by atoms with Gasteiger partial charge in [0.25, 0.3) is 0 Å². The van der Waals surface area contributed by atoms with Gasteiger partial charge in [-0.05, 0) is 56.0 Å². The number of rotatable bonds is 7. The van der Waals surface area contributed by atoms with Crippen LogP contribution in [0.25, 0.3) is 11.0 Å². The minimum absolute atomic E-state index is 0. The number of nitrogens with one attached hydrogen (secondary N) is 2. The van der Waals surface area contributed by atoms with E-state index in [0.29, 0.717) is 13.0 Å². The van der Waals surface area contributed by atoms with Crippen LogP contribution in [0.4, 0.5) is 5.69 Å². The third-order valence-corrected chi connectivity index (χ3v) is 5.95. The fraction of sp³-hybridized carbons (Fsp3) is 0.400. The fourth-order valence-electron chi connectivity index (χ4n) is 4.20. The van der Waals surface area contributed by atoms with Crippen molar-refractivity contribution in [2.24, 2.45) is 4.99 Å². The number of amides is 1. The van der Waals surface area contributed by atoms with Gasteiger partial charge in [0.05, 0.1) is 11.0 Å². The summed E-state index contributed by atoms with van der Waals surface area (Å²) in [4.78, 5) is 23.0. The highest BCUT2D eigenvalue weighted by Gasteiger charge is 2.19. The van der Waals surface area contributed by atoms with Crippen LogP contribution >= 0.6 is 24.0 Å². The van der Waals surface area contributed by atoms with Gasteiger partial charge in [0.2, 0.25) is 5.91 Å². The van der Waals surface area contributed by atoms with Gasteiger partial charge >= 0.3 is 0 Å².